The Morgan fingerprint density at radius 1 is 0.979 bits per heavy atom. The molecule has 0 spiro atoms. The summed E-state index contributed by atoms with van der Waals surface area (Å²) in [6.07, 6.45) is 3.87. The molecule has 3 aromatic rings. The molecule has 3 fully saturated rings. The van der Waals surface area contributed by atoms with E-state index in [0.29, 0.717) is 60.4 Å². The van der Waals surface area contributed by atoms with Crippen LogP contribution in [0.25, 0.3) is 11.0 Å². The van der Waals surface area contributed by atoms with E-state index in [1.54, 1.807) is 24.3 Å². The van der Waals surface area contributed by atoms with Crippen molar-refractivity contribution in [2.75, 3.05) is 46.2 Å². The maximum absolute atomic E-state index is 13.9. The molecule has 1 aromatic heterocycles. The fourth-order valence-electron chi connectivity index (χ4n) is 6.84. The first-order valence-electron chi connectivity index (χ1n) is 16.5. The van der Waals surface area contributed by atoms with Crippen LogP contribution in [0, 0.1) is 11.8 Å². The van der Waals surface area contributed by atoms with Crippen molar-refractivity contribution in [3.63, 3.8) is 0 Å². The summed E-state index contributed by atoms with van der Waals surface area (Å²) >= 11 is 6.07. The molecule has 1 saturated carbocycles. The second kappa shape index (κ2) is 15.5. The average molecular weight is 667 g/mol. The van der Waals surface area contributed by atoms with Gasteiger partial charge >= 0.3 is 6.09 Å². The summed E-state index contributed by atoms with van der Waals surface area (Å²) in [5, 5.41) is 10.2. The first kappa shape index (κ1) is 33.3. The number of fused-ring (bicyclic) bond motifs is 1. The Morgan fingerprint density at radius 3 is 2.47 bits per heavy atom. The Kier molecular flexibility index (Phi) is 11.0. The number of carbonyl (C=O) groups excluding carboxylic acids is 3. The van der Waals surface area contributed by atoms with Crippen molar-refractivity contribution in [2.24, 2.45) is 11.8 Å². The first-order chi connectivity index (χ1) is 22.8. The van der Waals surface area contributed by atoms with Crippen LogP contribution in [0.15, 0.2) is 59.0 Å². The van der Waals surface area contributed by atoms with Gasteiger partial charge in [0, 0.05) is 41.9 Å². The summed E-state index contributed by atoms with van der Waals surface area (Å²) < 4.78 is 21.9. The van der Waals surface area contributed by atoms with Gasteiger partial charge in [0.2, 0.25) is 11.8 Å². The maximum Gasteiger partial charge on any atom is 0.415 e. The van der Waals surface area contributed by atoms with E-state index in [1.165, 1.54) is 0 Å². The second-order valence-electron chi connectivity index (χ2n) is 13.0. The number of furan rings is 1. The lowest BCUT2D eigenvalue weighted by atomic mass is 9.94. The van der Waals surface area contributed by atoms with Crippen molar-refractivity contribution in [2.45, 2.75) is 56.5 Å². The van der Waals surface area contributed by atoms with E-state index in [-0.39, 0.29) is 11.9 Å². The van der Waals surface area contributed by atoms with E-state index in [9.17, 15) is 14.4 Å². The molecule has 1 aliphatic carbocycles. The quantitative estimate of drug-likeness (QED) is 0.269. The highest BCUT2D eigenvalue weighted by molar-refractivity contribution is 6.31. The smallest absolute Gasteiger partial charge is 0.415 e. The number of nitrogens with zero attached hydrogens (tertiary/aromatic N) is 1. The summed E-state index contributed by atoms with van der Waals surface area (Å²) in [4.78, 5) is 43.1. The Labute approximate surface area is 279 Å². The van der Waals surface area contributed by atoms with Crippen molar-refractivity contribution in [1.29, 1.82) is 0 Å². The molecular formula is C35H43ClN4O7. The van der Waals surface area contributed by atoms with E-state index < -0.39 is 23.6 Å². The zero-order valence-electron chi connectivity index (χ0n) is 26.5. The summed E-state index contributed by atoms with van der Waals surface area (Å²) in [5.74, 6) is 0.111. The number of amides is 3. The van der Waals surface area contributed by atoms with Gasteiger partial charge in [-0.15, -0.1) is 0 Å². The third-order valence-corrected chi connectivity index (χ3v) is 9.68. The first-order valence-corrected chi connectivity index (χ1v) is 16.9. The molecule has 3 heterocycles. The average Bonchev–Trinajstić information content (AvgIpc) is 3.72. The molecule has 12 heteroatoms. The Morgan fingerprint density at radius 2 is 1.72 bits per heavy atom. The van der Waals surface area contributed by atoms with Crippen molar-refractivity contribution >= 4 is 40.5 Å². The van der Waals surface area contributed by atoms with Crippen LogP contribution >= 0.6 is 11.6 Å². The minimum Gasteiger partial charge on any atom is -0.425 e. The summed E-state index contributed by atoms with van der Waals surface area (Å²) in [7, 11) is 0. The third kappa shape index (κ3) is 8.84. The minimum absolute atomic E-state index is 0.00231. The van der Waals surface area contributed by atoms with Gasteiger partial charge in [0.15, 0.2) is 0 Å². The number of hydrogen-bond donors (Lipinski definition) is 3. The van der Waals surface area contributed by atoms with Crippen LogP contribution in [0.3, 0.4) is 0 Å². The molecule has 0 unspecified atom stereocenters. The number of ether oxygens (including phenoxy) is 3. The van der Waals surface area contributed by atoms with Crippen LogP contribution < -0.4 is 20.7 Å². The predicted molar refractivity (Wildman–Crippen MR) is 176 cm³/mol. The molecule has 2 aliphatic heterocycles. The van der Waals surface area contributed by atoms with Crippen molar-refractivity contribution < 1.29 is 33.0 Å². The molecule has 11 nitrogen and oxygen atoms in total. The number of likely N-dealkylation sites (tertiary alicyclic amines) is 1. The van der Waals surface area contributed by atoms with Gasteiger partial charge < -0.3 is 39.5 Å². The van der Waals surface area contributed by atoms with Crippen LogP contribution in [-0.2, 0) is 25.5 Å². The van der Waals surface area contributed by atoms with Crippen molar-refractivity contribution in [1.82, 2.24) is 20.9 Å². The van der Waals surface area contributed by atoms with E-state index in [1.807, 2.05) is 30.3 Å². The molecule has 3 amide bonds. The Bertz CT molecular complexity index is 1510. The molecule has 47 heavy (non-hydrogen) atoms. The Hall–Kier alpha value is -3.64. The van der Waals surface area contributed by atoms with E-state index in [2.05, 4.69) is 20.9 Å². The fourth-order valence-corrected chi connectivity index (χ4v) is 7.02. The number of nitrogens with one attached hydrogen (secondary N) is 3. The van der Waals surface area contributed by atoms with Gasteiger partial charge in [-0.05, 0) is 68.5 Å². The number of benzene rings is 2. The number of carbonyl (C=O) groups is 3. The Balaban J connectivity index is 1.06. The minimum atomic E-state index is -1.21. The highest BCUT2D eigenvalue weighted by atomic mass is 35.5. The van der Waals surface area contributed by atoms with E-state index in [4.69, 9.17) is 30.2 Å². The summed E-state index contributed by atoms with van der Waals surface area (Å²) in [6, 6.07) is 15.5. The molecule has 0 radical (unpaired) electrons. The number of hydrogen-bond acceptors (Lipinski definition) is 8. The molecule has 6 rings (SSSR count). The predicted octanol–water partition coefficient (Wildman–Crippen LogP) is 4.66. The van der Waals surface area contributed by atoms with Crippen molar-refractivity contribution in [3.05, 3.63) is 65.2 Å². The van der Waals surface area contributed by atoms with Gasteiger partial charge in [-0.25, -0.2) is 4.79 Å². The van der Waals surface area contributed by atoms with E-state index >= 15 is 0 Å². The number of halogens is 1. The molecule has 2 aromatic carbocycles. The highest BCUT2D eigenvalue weighted by Crippen LogP contribution is 2.32. The highest BCUT2D eigenvalue weighted by Gasteiger charge is 2.44. The molecule has 252 valence electrons. The van der Waals surface area contributed by atoms with Gasteiger partial charge in [0.05, 0.1) is 13.2 Å². The normalized spacial score (nSPS) is 19.7. The zero-order chi connectivity index (χ0) is 32.6. The summed E-state index contributed by atoms with van der Waals surface area (Å²) in [5.41, 5.74) is 0.244. The second-order valence-corrected chi connectivity index (χ2v) is 13.4. The van der Waals surface area contributed by atoms with Crippen molar-refractivity contribution in [3.8, 4) is 5.95 Å². The molecule has 2 saturated heterocycles. The van der Waals surface area contributed by atoms with Gasteiger partial charge in [-0.2, -0.15) is 0 Å². The maximum atomic E-state index is 13.9. The lowest BCUT2D eigenvalue weighted by Gasteiger charge is -2.35. The lowest BCUT2D eigenvalue weighted by Crippen LogP contribution is -2.61. The number of rotatable bonds is 11. The molecular weight excluding hydrogens is 624 g/mol. The SMILES string of the molecule is O=C(NC1(C(=O)N[C@H](Cc2ccccc2)C(=O)NCC2CCN(CC3COCOC3)CC2)CCCC1)Oc1cc2cc(Cl)ccc2o1. The van der Waals surface area contributed by atoms with Crippen LogP contribution in [-0.4, -0.2) is 80.6 Å². The van der Waals surface area contributed by atoms with Crippen LogP contribution in [0.2, 0.25) is 5.02 Å². The molecule has 3 N–H and O–H groups in total. The van der Waals surface area contributed by atoms with Gasteiger partial charge in [0.25, 0.3) is 5.95 Å². The zero-order valence-corrected chi connectivity index (χ0v) is 27.3. The van der Waals surface area contributed by atoms with E-state index in [0.717, 1.165) is 64.1 Å². The molecule has 1 atom stereocenters. The van der Waals surface area contributed by atoms with Crippen LogP contribution in [0.1, 0.15) is 44.1 Å². The monoisotopic (exact) mass is 666 g/mol. The molecule has 3 aliphatic rings. The molecule has 0 bridgehead atoms. The third-order valence-electron chi connectivity index (χ3n) is 9.45. The number of piperidine rings is 1. The van der Waals surface area contributed by atoms with Crippen LogP contribution in [0.5, 0.6) is 5.95 Å². The summed E-state index contributed by atoms with van der Waals surface area (Å²) in [6.45, 7) is 5.29. The van der Waals surface area contributed by atoms with Gasteiger partial charge in [-0.3, -0.25) is 9.59 Å². The fraction of sp³-hybridized carbons (Fsp3) is 0.514. The lowest BCUT2D eigenvalue weighted by molar-refractivity contribution is -0.132. The topological polar surface area (TPSA) is 131 Å². The standard InChI is InChI=1S/C35H43ClN4O7/c36-28-8-9-30-27(17-28)18-31(46-30)47-34(43)39-35(12-4-5-13-35)33(42)38-29(16-24-6-2-1-3-7-24)32(41)37-19-25-10-14-40(15-11-25)20-26-21-44-23-45-22-26/h1-3,6-9,17-18,25-26,29H,4-5,10-16,19-23H2,(H,37,41)(H,38,42)(H,39,43)/t29-/m1/s1. The van der Waals surface area contributed by atoms with Gasteiger partial charge in [0.1, 0.15) is 24.0 Å². The van der Waals surface area contributed by atoms with Crippen LogP contribution in [0.4, 0.5) is 4.79 Å². The largest absolute Gasteiger partial charge is 0.425 e. The van der Waals surface area contributed by atoms with Gasteiger partial charge in [-0.1, -0.05) is 54.8 Å².